The van der Waals surface area contributed by atoms with Gasteiger partial charge in [-0.05, 0) is 35.7 Å². The molecular formula is C12H18BrN5O. The maximum absolute atomic E-state index is 11.5. The van der Waals surface area contributed by atoms with Crippen molar-refractivity contribution in [3.63, 3.8) is 0 Å². The molecule has 1 aliphatic carbocycles. The summed E-state index contributed by atoms with van der Waals surface area (Å²) in [7, 11) is 0. The molecule has 0 bridgehead atoms. The number of halogens is 1. The minimum absolute atomic E-state index is 0.0899. The lowest BCUT2D eigenvalue weighted by atomic mass is 10.4. The fourth-order valence-corrected chi connectivity index (χ4v) is 2.09. The highest BCUT2D eigenvalue weighted by atomic mass is 79.9. The Hall–Kier alpha value is -1.37. The summed E-state index contributed by atoms with van der Waals surface area (Å²) in [6.07, 6.45) is 4.17. The fraction of sp³-hybridized carbons (Fsp3) is 0.583. The van der Waals surface area contributed by atoms with Gasteiger partial charge in [0.05, 0.1) is 0 Å². The second kappa shape index (κ2) is 6.70. The highest BCUT2D eigenvalue weighted by molar-refractivity contribution is 9.10. The molecule has 0 radical (unpaired) electrons. The zero-order chi connectivity index (χ0) is 13.7. The van der Waals surface area contributed by atoms with Crippen molar-refractivity contribution >= 4 is 33.5 Å². The molecule has 1 heterocycles. The molecule has 0 saturated heterocycles. The summed E-state index contributed by atoms with van der Waals surface area (Å²) in [6, 6.07) is 0.415. The van der Waals surface area contributed by atoms with Crippen molar-refractivity contribution in [1.82, 2.24) is 15.3 Å². The van der Waals surface area contributed by atoms with E-state index in [-0.39, 0.29) is 5.91 Å². The SMILES string of the molecule is CCNc1ncnc(NCCC(=O)NC2CC2)c1Br. The van der Waals surface area contributed by atoms with Crippen LogP contribution >= 0.6 is 15.9 Å². The Balaban J connectivity index is 1.81. The normalized spacial score (nSPS) is 14.0. The lowest BCUT2D eigenvalue weighted by Gasteiger charge is -2.10. The van der Waals surface area contributed by atoms with E-state index in [4.69, 9.17) is 0 Å². The monoisotopic (exact) mass is 327 g/mol. The molecule has 0 unspecified atom stereocenters. The average molecular weight is 328 g/mol. The molecule has 1 aliphatic rings. The number of hydrogen-bond acceptors (Lipinski definition) is 5. The third kappa shape index (κ3) is 4.34. The molecule has 1 fully saturated rings. The largest absolute Gasteiger partial charge is 0.369 e. The van der Waals surface area contributed by atoms with Crippen molar-refractivity contribution in [2.24, 2.45) is 0 Å². The van der Waals surface area contributed by atoms with E-state index >= 15 is 0 Å². The van der Waals surface area contributed by atoms with E-state index < -0.39 is 0 Å². The van der Waals surface area contributed by atoms with Gasteiger partial charge in [0.25, 0.3) is 0 Å². The fourth-order valence-electron chi connectivity index (χ4n) is 1.61. The first-order chi connectivity index (χ1) is 9.20. The summed E-state index contributed by atoms with van der Waals surface area (Å²) in [4.78, 5) is 19.8. The van der Waals surface area contributed by atoms with Crippen LogP contribution in [0.5, 0.6) is 0 Å². The number of aromatic nitrogens is 2. The van der Waals surface area contributed by atoms with Crippen molar-refractivity contribution in [3.05, 3.63) is 10.8 Å². The standard InChI is InChI=1S/C12H18BrN5O/c1-2-14-11-10(13)12(17-7-16-11)15-6-5-9(19)18-8-3-4-8/h7-8H,2-6H2,1H3,(H,18,19)(H2,14,15,16,17). The molecule has 0 atom stereocenters. The van der Waals surface area contributed by atoms with Gasteiger partial charge < -0.3 is 16.0 Å². The number of carbonyl (C=O) groups excluding carboxylic acids is 1. The van der Waals surface area contributed by atoms with E-state index in [1.165, 1.54) is 6.33 Å². The molecule has 7 heteroatoms. The Morgan fingerprint density at radius 2 is 2.05 bits per heavy atom. The third-order valence-corrected chi connectivity index (χ3v) is 3.47. The predicted molar refractivity (Wildman–Crippen MR) is 78.2 cm³/mol. The van der Waals surface area contributed by atoms with Crippen LogP contribution in [0, 0.1) is 0 Å². The number of nitrogens with zero attached hydrogens (tertiary/aromatic N) is 2. The van der Waals surface area contributed by atoms with Crippen molar-refractivity contribution in [3.8, 4) is 0 Å². The first kappa shape index (κ1) is 14.0. The molecule has 6 nitrogen and oxygen atoms in total. The summed E-state index contributed by atoms with van der Waals surface area (Å²) in [6.45, 7) is 3.35. The summed E-state index contributed by atoms with van der Waals surface area (Å²) in [5.41, 5.74) is 0. The molecular weight excluding hydrogens is 310 g/mol. The van der Waals surface area contributed by atoms with Gasteiger partial charge in [0, 0.05) is 25.6 Å². The van der Waals surface area contributed by atoms with Crippen LogP contribution in [0.3, 0.4) is 0 Å². The molecule has 104 valence electrons. The number of rotatable bonds is 7. The summed E-state index contributed by atoms with van der Waals surface area (Å²) >= 11 is 3.45. The third-order valence-electron chi connectivity index (χ3n) is 2.72. The van der Waals surface area contributed by atoms with Crippen LogP contribution in [0.1, 0.15) is 26.2 Å². The van der Waals surface area contributed by atoms with Crippen molar-refractivity contribution in [1.29, 1.82) is 0 Å². The van der Waals surface area contributed by atoms with Crippen LogP contribution in [0.2, 0.25) is 0 Å². The predicted octanol–water partition coefficient (Wildman–Crippen LogP) is 1.75. The molecule has 1 saturated carbocycles. The second-order valence-electron chi connectivity index (χ2n) is 4.43. The summed E-state index contributed by atoms with van der Waals surface area (Å²) in [5.74, 6) is 1.54. The Morgan fingerprint density at radius 1 is 1.37 bits per heavy atom. The first-order valence-corrected chi connectivity index (χ1v) is 7.27. The number of nitrogens with one attached hydrogen (secondary N) is 3. The zero-order valence-corrected chi connectivity index (χ0v) is 12.5. The molecule has 2 rings (SSSR count). The number of amides is 1. The Bertz CT molecular complexity index is 450. The maximum atomic E-state index is 11.5. The molecule has 1 aromatic heterocycles. The molecule has 19 heavy (non-hydrogen) atoms. The van der Waals surface area contributed by atoms with Crippen LogP contribution in [0.25, 0.3) is 0 Å². The molecule has 1 aromatic rings. The van der Waals surface area contributed by atoms with Crippen LogP contribution < -0.4 is 16.0 Å². The van der Waals surface area contributed by atoms with Crippen molar-refractivity contribution in [2.45, 2.75) is 32.2 Å². The van der Waals surface area contributed by atoms with E-state index in [0.29, 0.717) is 24.8 Å². The molecule has 0 aliphatic heterocycles. The topological polar surface area (TPSA) is 78.9 Å². The van der Waals surface area contributed by atoms with E-state index in [0.717, 1.165) is 29.7 Å². The van der Waals surface area contributed by atoms with E-state index in [1.54, 1.807) is 0 Å². The molecule has 0 aromatic carbocycles. The van der Waals surface area contributed by atoms with Crippen molar-refractivity contribution < 1.29 is 4.79 Å². The smallest absolute Gasteiger partial charge is 0.221 e. The van der Waals surface area contributed by atoms with Gasteiger partial charge in [-0.3, -0.25) is 4.79 Å². The lowest BCUT2D eigenvalue weighted by molar-refractivity contribution is -0.120. The summed E-state index contributed by atoms with van der Waals surface area (Å²) < 4.78 is 0.791. The quantitative estimate of drug-likeness (QED) is 0.711. The number of carbonyl (C=O) groups is 1. The van der Waals surface area contributed by atoms with Crippen LogP contribution in [0.4, 0.5) is 11.6 Å². The lowest BCUT2D eigenvalue weighted by Crippen LogP contribution is -2.27. The Morgan fingerprint density at radius 3 is 2.68 bits per heavy atom. The van der Waals surface area contributed by atoms with Gasteiger partial charge in [0.15, 0.2) is 0 Å². The van der Waals surface area contributed by atoms with Gasteiger partial charge in [-0.1, -0.05) is 0 Å². The van der Waals surface area contributed by atoms with Gasteiger partial charge in [0.2, 0.25) is 5.91 Å². The highest BCUT2D eigenvalue weighted by Gasteiger charge is 2.22. The van der Waals surface area contributed by atoms with Crippen LogP contribution in [-0.2, 0) is 4.79 Å². The van der Waals surface area contributed by atoms with Crippen molar-refractivity contribution in [2.75, 3.05) is 23.7 Å². The molecule has 1 amide bonds. The van der Waals surface area contributed by atoms with Gasteiger partial charge in [-0.25, -0.2) is 9.97 Å². The van der Waals surface area contributed by atoms with E-state index in [2.05, 4.69) is 41.8 Å². The summed E-state index contributed by atoms with van der Waals surface area (Å²) in [5, 5.41) is 9.22. The minimum Gasteiger partial charge on any atom is -0.369 e. The number of anilines is 2. The first-order valence-electron chi connectivity index (χ1n) is 6.48. The van der Waals surface area contributed by atoms with E-state index in [9.17, 15) is 4.79 Å². The Labute approximate surface area is 120 Å². The minimum atomic E-state index is 0.0899. The van der Waals surface area contributed by atoms with Gasteiger partial charge in [-0.15, -0.1) is 0 Å². The highest BCUT2D eigenvalue weighted by Crippen LogP contribution is 2.26. The molecule has 3 N–H and O–H groups in total. The van der Waals surface area contributed by atoms with Gasteiger partial charge in [0.1, 0.15) is 22.4 Å². The number of hydrogen-bond donors (Lipinski definition) is 3. The molecule has 0 spiro atoms. The van der Waals surface area contributed by atoms with Crippen LogP contribution in [-0.4, -0.2) is 35.0 Å². The average Bonchev–Trinajstić information content (AvgIpc) is 3.18. The van der Waals surface area contributed by atoms with Gasteiger partial charge in [-0.2, -0.15) is 0 Å². The van der Waals surface area contributed by atoms with Gasteiger partial charge >= 0.3 is 0 Å². The van der Waals surface area contributed by atoms with E-state index in [1.807, 2.05) is 6.92 Å². The zero-order valence-electron chi connectivity index (χ0n) is 10.9. The van der Waals surface area contributed by atoms with Crippen LogP contribution in [0.15, 0.2) is 10.8 Å². The Kier molecular flexibility index (Phi) is 4.95. The second-order valence-corrected chi connectivity index (χ2v) is 5.23. The maximum Gasteiger partial charge on any atom is 0.221 e.